The Labute approximate surface area is 144 Å². The smallest absolute Gasteiger partial charge is 0.234 e. The summed E-state index contributed by atoms with van der Waals surface area (Å²) in [5.41, 5.74) is 1.58. The van der Waals surface area contributed by atoms with E-state index in [4.69, 9.17) is 11.6 Å². The fourth-order valence-corrected chi connectivity index (χ4v) is 3.78. The standard InChI is InChI=1S/C15H10ClF2N3S2/c16-9-3-4-10-12(8-9)23-14(20-10)11-5-6-19-15(21-11)22-7-1-2-13(17)18/h2-6,8H,1,7H2. The summed E-state index contributed by atoms with van der Waals surface area (Å²) >= 11 is 8.82. The van der Waals surface area contributed by atoms with Gasteiger partial charge in [-0.15, -0.1) is 11.3 Å². The van der Waals surface area contributed by atoms with Crippen LogP contribution in [0.3, 0.4) is 0 Å². The largest absolute Gasteiger partial charge is 0.266 e. The van der Waals surface area contributed by atoms with E-state index in [0.717, 1.165) is 21.3 Å². The number of aromatic nitrogens is 3. The Morgan fingerprint density at radius 1 is 1.26 bits per heavy atom. The topological polar surface area (TPSA) is 38.7 Å². The molecule has 0 unspecified atom stereocenters. The van der Waals surface area contributed by atoms with Gasteiger partial charge in [0.25, 0.3) is 6.08 Å². The molecule has 0 N–H and O–H groups in total. The van der Waals surface area contributed by atoms with Crippen LogP contribution in [0.15, 0.2) is 47.8 Å². The van der Waals surface area contributed by atoms with Gasteiger partial charge in [-0.2, -0.15) is 8.78 Å². The molecule has 0 aliphatic heterocycles. The lowest BCUT2D eigenvalue weighted by Crippen LogP contribution is -1.90. The summed E-state index contributed by atoms with van der Waals surface area (Å²) in [6.07, 6.45) is 1.16. The van der Waals surface area contributed by atoms with E-state index in [1.54, 1.807) is 18.3 Å². The molecule has 2 aromatic heterocycles. The molecule has 0 spiro atoms. The first-order chi connectivity index (χ1) is 11.1. The highest BCUT2D eigenvalue weighted by Crippen LogP contribution is 2.31. The second-order valence-corrected chi connectivity index (χ2v) is 7.02. The van der Waals surface area contributed by atoms with Crippen LogP contribution in [-0.4, -0.2) is 20.7 Å². The lowest BCUT2D eigenvalue weighted by Gasteiger charge is -2.00. The maximum Gasteiger partial charge on any atom is 0.266 e. The van der Waals surface area contributed by atoms with Crippen molar-refractivity contribution in [1.29, 1.82) is 0 Å². The second-order valence-electron chi connectivity index (χ2n) is 4.49. The van der Waals surface area contributed by atoms with Gasteiger partial charge in [0.1, 0.15) is 10.7 Å². The second kappa shape index (κ2) is 7.33. The van der Waals surface area contributed by atoms with E-state index in [1.165, 1.54) is 23.1 Å². The van der Waals surface area contributed by atoms with E-state index in [2.05, 4.69) is 15.0 Å². The van der Waals surface area contributed by atoms with Gasteiger partial charge in [-0.25, -0.2) is 15.0 Å². The number of benzene rings is 1. The summed E-state index contributed by atoms with van der Waals surface area (Å²) < 4.78 is 24.9. The van der Waals surface area contributed by atoms with Crippen molar-refractivity contribution in [2.24, 2.45) is 0 Å². The molecule has 0 aliphatic carbocycles. The van der Waals surface area contributed by atoms with Crippen LogP contribution in [0.2, 0.25) is 5.02 Å². The summed E-state index contributed by atoms with van der Waals surface area (Å²) in [4.78, 5) is 13.1. The zero-order chi connectivity index (χ0) is 16.2. The average Bonchev–Trinajstić information content (AvgIpc) is 2.95. The van der Waals surface area contributed by atoms with Gasteiger partial charge >= 0.3 is 0 Å². The Balaban J connectivity index is 1.79. The Kier molecular flexibility index (Phi) is 5.20. The number of allylic oxidation sites excluding steroid dienone is 1. The Morgan fingerprint density at radius 2 is 2.13 bits per heavy atom. The molecule has 3 aromatic rings. The van der Waals surface area contributed by atoms with E-state index in [-0.39, 0.29) is 6.42 Å². The SMILES string of the molecule is FC(F)=CCCSc1nccc(-c2nc3ccc(Cl)cc3s2)n1. The van der Waals surface area contributed by atoms with Crippen LogP contribution >= 0.6 is 34.7 Å². The molecule has 3 rings (SSSR count). The molecule has 0 saturated heterocycles. The van der Waals surface area contributed by atoms with Crippen molar-refractivity contribution in [2.45, 2.75) is 11.6 Å². The normalized spacial score (nSPS) is 10.9. The molecule has 8 heteroatoms. The van der Waals surface area contributed by atoms with Gasteiger partial charge in [0.05, 0.1) is 10.2 Å². The van der Waals surface area contributed by atoms with Gasteiger partial charge in [-0.3, -0.25) is 0 Å². The van der Waals surface area contributed by atoms with Crippen LogP contribution in [0, 0.1) is 0 Å². The third-order valence-corrected chi connectivity index (χ3v) is 5.02. The molecule has 0 fully saturated rings. The predicted molar refractivity (Wildman–Crippen MR) is 91.3 cm³/mol. The van der Waals surface area contributed by atoms with E-state index < -0.39 is 6.08 Å². The van der Waals surface area contributed by atoms with Gasteiger partial charge in [-0.05, 0) is 36.8 Å². The monoisotopic (exact) mass is 369 g/mol. The molecule has 118 valence electrons. The van der Waals surface area contributed by atoms with Crippen molar-refractivity contribution in [1.82, 2.24) is 15.0 Å². The summed E-state index contributed by atoms with van der Waals surface area (Å²) in [6.45, 7) is 0. The molecule has 0 amide bonds. The first kappa shape index (κ1) is 16.3. The quantitative estimate of drug-likeness (QED) is 0.330. The minimum Gasteiger partial charge on any atom is -0.234 e. The van der Waals surface area contributed by atoms with Crippen LogP contribution in [0.1, 0.15) is 6.42 Å². The van der Waals surface area contributed by atoms with Crippen LogP contribution in [0.5, 0.6) is 0 Å². The molecule has 0 atom stereocenters. The Morgan fingerprint density at radius 3 is 2.96 bits per heavy atom. The van der Waals surface area contributed by atoms with Gasteiger partial charge in [0, 0.05) is 17.0 Å². The third kappa shape index (κ3) is 4.25. The first-order valence-corrected chi connectivity index (χ1v) is 8.83. The number of halogens is 3. The zero-order valence-electron chi connectivity index (χ0n) is 11.7. The van der Waals surface area contributed by atoms with Crippen molar-refractivity contribution in [3.8, 4) is 10.7 Å². The van der Waals surface area contributed by atoms with E-state index >= 15 is 0 Å². The average molecular weight is 370 g/mol. The highest BCUT2D eigenvalue weighted by Gasteiger charge is 2.09. The minimum absolute atomic E-state index is 0.278. The van der Waals surface area contributed by atoms with E-state index in [9.17, 15) is 8.78 Å². The number of thiazole rings is 1. The van der Waals surface area contributed by atoms with Crippen LogP contribution < -0.4 is 0 Å². The van der Waals surface area contributed by atoms with Crippen molar-refractivity contribution in [3.05, 3.63) is 47.6 Å². The lowest BCUT2D eigenvalue weighted by molar-refractivity contribution is 0.418. The van der Waals surface area contributed by atoms with Gasteiger partial charge in [-0.1, -0.05) is 23.4 Å². The zero-order valence-corrected chi connectivity index (χ0v) is 14.1. The fourth-order valence-electron chi connectivity index (χ4n) is 1.86. The van der Waals surface area contributed by atoms with Gasteiger partial charge < -0.3 is 0 Å². The molecule has 0 bridgehead atoms. The summed E-state index contributed by atoms with van der Waals surface area (Å²) in [7, 11) is 0. The lowest BCUT2D eigenvalue weighted by atomic mass is 10.3. The van der Waals surface area contributed by atoms with Crippen molar-refractivity contribution >= 4 is 44.9 Å². The highest BCUT2D eigenvalue weighted by atomic mass is 35.5. The summed E-state index contributed by atoms with van der Waals surface area (Å²) in [5, 5.41) is 1.99. The van der Waals surface area contributed by atoms with E-state index in [0.29, 0.717) is 21.6 Å². The van der Waals surface area contributed by atoms with Crippen LogP contribution in [0.4, 0.5) is 8.78 Å². The Hall–Kier alpha value is -1.57. The molecular weight excluding hydrogens is 360 g/mol. The molecule has 0 saturated carbocycles. The number of thioether (sulfide) groups is 1. The minimum atomic E-state index is -1.66. The predicted octanol–water partition coefficient (Wildman–Crippen LogP) is 5.67. The molecule has 0 aliphatic rings. The third-order valence-electron chi connectivity index (χ3n) is 2.85. The first-order valence-electron chi connectivity index (χ1n) is 6.65. The van der Waals surface area contributed by atoms with Crippen molar-refractivity contribution in [3.63, 3.8) is 0 Å². The summed E-state index contributed by atoms with van der Waals surface area (Å²) in [6, 6.07) is 7.32. The maximum atomic E-state index is 12.0. The van der Waals surface area contributed by atoms with Crippen LogP contribution in [-0.2, 0) is 0 Å². The fraction of sp³-hybridized carbons (Fsp3) is 0.133. The number of hydrogen-bond acceptors (Lipinski definition) is 5. The molecule has 3 nitrogen and oxygen atoms in total. The maximum absolute atomic E-state index is 12.0. The molecule has 2 heterocycles. The number of fused-ring (bicyclic) bond motifs is 1. The molecule has 23 heavy (non-hydrogen) atoms. The molecule has 1 aromatic carbocycles. The Bertz CT molecular complexity index is 863. The van der Waals surface area contributed by atoms with Gasteiger partial charge in [0.2, 0.25) is 0 Å². The number of rotatable bonds is 5. The van der Waals surface area contributed by atoms with Crippen molar-refractivity contribution in [2.75, 3.05) is 5.75 Å². The number of nitrogens with zero attached hydrogens (tertiary/aromatic N) is 3. The summed E-state index contributed by atoms with van der Waals surface area (Å²) in [5.74, 6) is 0.496. The van der Waals surface area contributed by atoms with Crippen LogP contribution in [0.25, 0.3) is 20.9 Å². The number of hydrogen-bond donors (Lipinski definition) is 0. The highest BCUT2D eigenvalue weighted by molar-refractivity contribution is 7.99. The van der Waals surface area contributed by atoms with E-state index in [1.807, 2.05) is 12.1 Å². The van der Waals surface area contributed by atoms with Gasteiger partial charge in [0.15, 0.2) is 5.16 Å². The molecular formula is C15H10ClF2N3S2. The molecule has 0 radical (unpaired) electrons. The van der Waals surface area contributed by atoms with Crippen molar-refractivity contribution < 1.29 is 8.78 Å².